The highest BCUT2D eigenvalue weighted by molar-refractivity contribution is 5.66. The molecule has 0 aromatic heterocycles. The summed E-state index contributed by atoms with van der Waals surface area (Å²) in [6.45, 7) is 6.76. The molecule has 1 N–H and O–H groups in total. The van der Waals surface area contributed by atoms with Crippen LogP contribution in [0.5, 0.6) is 0 Å². The number of aliphatic carboxylic acids is 1. The van der Waals surface area contributed by atoms with E-state index in [9.17, 15) is 4.79 Å². The van der Waals surface area contributed by atoms with Gasteiger partial charge in [-0.05, 0) is 39.3 Å². The molecule has 3 unspecified atom stereocenters. The molecule has 0 aromatic rings. The van der Waals surface area contributed by atoms with E-state index in [0.29, 0.717) is 19.1 Å². The average Bonchev–Trinajstić information content (AvgIpc) is 2.93. The minimum atomic E-state index is -0.775. The van der Waals surface area contributed by atoms with Gasteiger partial charge >= 0.3 is 5.97 Å². The normalized spacial score (nSPS) is 37.2. The third kappa shape index (κ3) is 2.84. The largest absolute Gasteiger partial charge is 0.481 e. The van der Waals surface area contributed by atoms with E-state index in [1.165, 1.54) is 6.42 Å². The predicted octanol–water partition coefficient (Wildman–Crippen LogP) is 1.47. The molecule has 2 aliphatic heterocycles. The first-order valence-corrected chi connectivity index (χ1v) is 6.83. The van der Waals surface area contributed by atoms with Gasteiger partial charge in [0.15, 0.2) is 5.79 Å². The summed E-state index contributed by atoms with van der Waals surface area (Å²) in [6.07, 6.45) is 2.87. The molecule has 3 atom stereocenters. The molecule has 2 aliphatic rings. The van der Waals surface area contributed by atoms with Crippen molar-refractivity contribution in [3.05, 3.63) is 0 Å². The van der Waals surface area contributed by atoms with Gasteiger partial charge in [0.05, 0.1) is 18.8 Å². The standard InChI is InChI=1S/C13H23NO4/c1-3-14-8-4-5-11(14)13(2)17-9-10(18-13)6-7-12(15)16/h10-11H,3-9H2,1-2H3,(H,15,16). The van der Waals surface area contributed by atoms with E-state index < -0.39 is 11.8 Å². The van der Waals surface area contributed by atoms with Crippen LogP contribution >= 0.6 is 0 Å². The summed E-state index contributed by atoms with van der Waals surface area (Å²) in [7, 11) is 0. The Morgan fingerprint density at radius 2 is 2.33 bits per heavy atom. The Bertz CT molecular complexity index is 309. The van der Waals surface area contributed by atoms with E-state index in [1.807, 2.05) is 6.92 Å². The fourth-order valence-corrected chi connectivity index (χ4v) is 3.06. The topological polar surface area (TPSA) is 59.0 Å². The molecule has 2 heterocycles. The first kappa shape index (κ1) is 13.8. The number of carbonyl (C=O) groups is 1. The van der Waals surface area contributed by atoms with Crippen LogP contribution in [0.4, 0.5) is 0 Å². The van der Waals surface area contributed by atoms with E-state index in [1.54, 1.807) is 0 Å². The Hall–Kier alpha value is -0.650. The van der Waals surface area contributed by atoms with E-state index in [2.05, 4.69) is 11.8 Å². The van der Waals surface area contributed by atoms with Crippen molar-refractivity contribution in [3.8, 4) is 0 Å². The van der Waals surface area contributed by atoms with Crippen LogP contribution in [0.25, 0.3) is 0 Å². The molecule has 0 spiro atoms. The van der Waals surface area contributed by atoms with Crippen molar-refractivity contribution in [2.45, 2.75) is 57.5 Å². The predicted molar refractivity (Wildman–Crippen MR) is 66.4 cm³/mol. The summed E-state index contributed by atoms with van der Waals surface area (Å²) >= 11 is 0. The summed E-state index contributed by atoms with van der Waals surface area (Å²) in [6, 6.07) is 0.303. The number of likely N-dealkylation sites (N-methyl/N-ethyl adjacent to an activating group) is 1. The number of carboxylic acids is 1. The summed E-state index contributed by atoms with van der Waals surface area (Å²) in [5, 5.41) is 8.69. The zero-order valence-corrected chi connectivity index (χ0v) is 11.2. The molecule has 2 fully saturated rings. The van der Waals surface area contributed by atoms with Crippen molar-refractivity contribution < 1.29 is 19.4 Å². The molecule has 2 rings (SSSR count). The number of rotatable bonds is 5. The highest BCUT2D eigenvalue weighted by atomic mass is 16.7. The second-order valence-electron chi connectivity index (χ2n) is 5.29. The molecule has 5 heteroatoms. The lowest BCUT2D eigenvalue weighted by atomic mass is 10.1. The van der Waals surface area contributed by atoms with Crippen LogP contribution in [0.2, 0.25) is 0 Å². The lowest BCUT2D eigenvalue weighted by molar-refractivity contribution is -0.192. The number of carboxylic acid groups (broad SMARTS) is 1. The summed E-state index contributed by atoms with van der Waals surface area (Å²) in [4.78, 5) is 13.0. The van der Waals surface area contributed by atoms with Crippen LogP contribution in [0, 0.1) is 0 Å². The number of hydrogen-bond acceptors (Lipinski definition) is 4. The lowest BCUT2D eigenvalue weighted by Gasteiger charge is -2.35. The van der Waals surface area contributed by atoms with Crippen LogP contribution in [-0.2, 0) is 14.3 Å². The minimum absolute atomic E-state index is 0.0783. The molecule has 0 saturated carbocycles. The Morgan fingerprint density at radius 1 is 1.56 bits per heavy atom. The monoisotopic (exact) mass is 257 g/mol. The summed E-state index contributed by atoms with van der Waals surface area (Å²) < 4.78 is 11.8. The van der Waals surface area contributed by atoms with Crippen molar-refractivity contribution in [2.75, 3.05) is 19.7 Å². The molecular formula is C13H23NO4. The van der Waals surface area contributed by atoms with Gasteiger partial charge in [0.1, 0.15) is 0 Å². The molecule has 0 bridgehead atoms. The molecule has 0 radical (unpaired) electrons. The minimum Gasteiger partial charge on any atom is -0.481 e. The molecule has 5 nitrogen and oxygen atoms in total. The maximum Gasteiger partial charge on any atom is 0.303 e. The van der Waals surface area contributed by atoms with Crippen LogP contribution in [0.3, 0.4) is 0 Å². The highest BCUT2D eigenvalue weighted by Gasteiger charge is 2.47. The van der Waals surface area contributed by atoms with Gasteiger partial charge in [-0.1, -0.05) is 6.92 Å². The first-order valence-electron chi connectivity index (χ1n) is 6.83. The SMILES string of the molecule is CCN1CCCC1C1(C)OCC(CCC(=O)O)O1. The summed E-state index contributed by atoms with van der Waals surface area (Å²) in [5.74, 6) is -1.33. The van der Waals surface area contributed by atoms with Gasteiger partial charge in [-0.2, -0.15) is 0 Å². The Kier molecular flexibility index (Phi) is 4.25. The van der Waals surface area contributed by atoms with Crippen molar-refractivity contribution in [1.82, 2.24) is 4.90 Å². The van der Waals surface area contributed by atoms with Crippen LogP contribution in [-0.4, -0.2) is 53.6 Å². The third-order valence-corrected chi connectivity index (χ3v) is 4.01. The van der Waals surface area contributed by atoms with Gasteiger partial charge in [-0.25, -0.2) is 0 Å². The third-order valence-electron chi connectivity index (χ3n) is 4.01. The average molecular weight is 257 g/mol. The second kappa shape index (κ2) is 5.55. The molecular weight excluding hydrogens is 234 g/mol. The Balaban J connectivity index is 1.91. The van der Waals surface area contributed by atoms with Crippen LogP contribution in [0.15, 0.2) is 0 Å². The Morgan fingerprint density at radius 3 is 3.00 bits per heavy atom. The van der Waals surface area contributed by atoms with Gasteiger partial charge < -0.3 is 14.6 Å². The number of hydrogen-bond donors (Lipinski definition) is 1. The number of nitrogens with zero attached hydrogens (tertiary/aromatic N) is 1. The molecule has 104 valence electrons. The maximum absolute atomic E-state index is 10.6. The zero-order valence-electron chi connectivity index (χ0n) is 11.2. The fourth-order valence-electron chi connectivity index (χ4n) is 3.06. The van der Waals surface area contributed by atoms with Gasteiger partial charge in [0, 0.05) is 6.42 Å². The highest BCUT2D eigenvalue weighted by Crippen LogP contribution is 2.36. The lowest BCUT2D eigenvalue weighted by Crippen LogP contribution is -2.48. The molecule has 2 saturated heterocycles. The molecule has 18 heavy (non-hydrogen) atoms. The van der Waals surface area contributed by atoms with Gasteiger partial charge in [0.25, 0.3) is 0 Å². The van der Waals surface area contributed by atoms with Gasteiger partial charge in [-0.15, -0.1) is 0 Å². The molecule has 0 aromatic carbocycles. The van der Waals surface area contributed by atoms with Gasteiger partial charge in [0.2, 0.25) is 0 Å². The van der Waals surface area contributed by atoms with Crippen molar-refractivity contribution in [2.24, 2.45) is 0 Å². The first-order chi connectivity index (χ1) is 8.55. The van der Waals surface area contributed by atoms with E-state index in [0.717, 1.165) is 19.5 Å². The Labute approximate surface area is 108 Å². The van der Waals surface area contributed by atoms with Crippen molar-refractivity contribution in [1.29, 1.82) is 0 Å². The number of ether oxygens (including phenoxy) is 2. The van der Waals surface area contributed by atoms with E-state index >= 15 is 0 Å². The quantitative estimate of drug-likeness (QED) is 0.808. The zero-order chi connectivity index (χ0) is 13.2. The smallest absolute Gasteiger partial charge is 0.303 e. The van der Waals surface area contributed by atoms with Crippen LogP contribution in [0.1, 0.15) is 39.5 Å². The molecule has 0 amide bonds. The second-order valence-corrected chi connectivity index (χ2v) is 5.29. The van der Waals surface area contributed by atoms with Crippen LogP contribution < -0.4 is 0 Å². The van der Waals surface area contributed by atoms with E-state index in [-0.39, 0.29) is 12.5 Å². The molecule has 0 aliphatic carbocycles. The summed E-state index contributed by atoms with van der Waals surface area (Å²) in [5.41, 5.74) is 0. The van der Waals surface area contributed by atoms with Crippen molar-refractivity contribution in [3.63, 3.8) is 0 Å². The van der Waals surface area contributed by atoms with Gasteiger partial charge in [-0.3, -0.25) is 9.69 Å². The van der Waals surface area contributed by atoms with Crippen molar-refractivity contribution >= 4 is 5.97 Å². The van der Waals surface area contributed by atoms with E-state index in [4.69, 9.17) is 14.6 Å². The number of likely N-dealkylation sites (tertiary alicyclic amines) is 1. The fraction of sp³-hybridized carbons (Fsp3) is 0.923. The maximum atomic E-state index is 10.6.